The van der Waals surface area contributed by atoms with Gasteiger partial charge in [0.25, 0.3) is 6.61 Å². The molecule has 2 aromatic carbocycles. The molecule has 2 aromatic rings. The van der Waals surface area contributed by atoms with Crippen molar-refractivity contribution in [3.05, 3.63) is 74.5 Å². The van der Waals surface area contributed by atoms with Crippen LogP contribution in [-0.4, -0.2) is 6.61 Å². The van der Waals surface area contributed by atoms with E-state index >= 15 is 0 Å². The highest BCUT2D eigenvalue weighted by Crippen LogP contribution is 2.03. The van der Waals surface area contributed by atoms with E-state index in [0.29, 0.717) is 0 Å². The Hall–Kier alpha value is -1.96. The lowest BCUT2D eigenvalue weighted by atomic mass is 10.1. The molecule has 1 heterocycles. The minimum Gasteiger partial charge on any atom is -0.254 e. The molecule has 0 N–H and O–H groups in total. The lowest BCUT2D eigenvalue weighted by Crippen LogP contribution is -2.11. The molecule has 1 aliphatic heterocycles. The lowest BCUT2D eigenvalue weighted by molar-refractivity contribution is 0.628. The second kappa shape index (κ2) is 4.13. The van der Waals surface area contributed by atoms with Crippen LogP contribution in [0.15, 0.2) is 46.9 Å². The summed E-state index contributed by atoms with van der Waals surface area (Å²) in [5.74, 6) is -0.204. The molecular formula is C15H12FO+. The van der Waals surface area contributed by atoms with Crippen molar-refractivity contribution in [3.8, 4) is 0 Å². The van der Waals surface area contributed by atoms with Crippen LogP contribution in [0.5, 0.6) is 0 Å². The molecule has 0 saturated heterocycles. The van der Waals surface area contributed by atoms with Crippen LogP contribution in [0.1, 0.15) is 11.1 Å². The molecule has 2 heteroatoms. The summed E-state index contributed by atoms with van der Waals surface area (Å²) in [6.45, 7) is 0.773. The van der Waals surface area contributed by atoms with E-state index in [4.69, 9.17) is 4.42 Å². The Morgan fingerprint density at radius 1 is 1.06 bits per heavy atom. The van der Waals surface area contributed by atoms with Crippen LogP contribution < -0.4 is 10.6 Å². The quantitative estimate of drug-likeness (QED) is 0.658. The molecule has 0 bridgehead atoms. The lowest BCUT2D eigenvalue weighted by Gasteiger charge is -1.93. The number of halogens is 1. The summed E-state index contributed by atoms with van der Waals surface area (Å²) in [6, 6.07) is 12.7. The Balaban J connectivity index is 2.05. The fourth-order valence-corrected chi connectivity index (χ4v) is 2.05. The molecule has 0 spiro atoms. The highest BCUT2D eigenvalue weighted by molar-refractivity contribution is 5.49. The zero-order chi connectivity index (χ0) is 11.7. The summed E-state index contributed by atoms with van der Waals surface area (Å²) in [7, 11) is 0. The summed E-state index contributed by atoms with van der Waals surface area (Å²) in [4.78, 5) is 0. The second-order valence-corrected chi connectivity index (χ2v) is 4.16. The van der Waals surface area contributed by atoms with Gasteiger partial charge in [0.05, 0.1) is 12.0 Å². The van der Waals surface area contributed by atoms with E-state index in [-0.39, 0.29) is 5.82 Å². The van der Waals surface area contributed by atoms with Crippen molar-refractivity contribution < 1.29 is 4.39 Å². The molecule has 0 fully saturated rings. The first-order chi connectivity index (χ1) is 8.31. The van der Waals surface area contributed by atoms with Gasteiger partial charge in [-0.2, -0.15) is 0 Å². The number of hydrogen-bond donors (Lipinski definition) is 0. The molecule has 0 atom stereocenters. The maximum absolute atomic E-state index is 12.8. The van der Waals surface area contributed by atoms with E-state index < -0.39 is 0 Å². The van der Waals surface area contributed by atoms with Crippen molar-refractivity contribution in [3.63, 3.8) is 0 Å². The summed E-state index contributed by atoms with van der Waals surface area (Å²) in [5.41, 5.74) is 3.24. The van der Waals surface area contributed by atoms with Crippen LogP contribution in [-0.2, 0) is 6.42 Å². The summed E-state index contributed by atoms with van der Waals surface area (Å²) < 4.78 is 18.2. The SMILES string of the molecule is Fc1ccc(/C=c2\ccc3c(c2)CC[O+]=3)cc1. The molecule has 1 nitrogen and oxygen atoms in total. The average Bonchev–Trinajstić information content (AvgIpc) is 2.79. The molecule has 0 radical (unpaired) electrons. The van der Waals surface area contributed by atoms with E-state index in [1.807, 2.05) is 18.2 Å². The fraction of sp³-hybridized carbons (Fsp3) is 0.133. The highest BCUT2D eigenvalue weighted by atomic mass is 19.1. The van der Waals surface area contributed by atoms with Gasteiger partial charge in [-0.05, 0) is 41.1 Å². The maximum atomic E-state index is 12.8. The molecule has 1 aliphatic rings. The minimum absolute atomic E-state index is 0.204. The van der Waals surface area contributed by atoms with E-state index in [2.05, 4.69) is 6.07 Å². The third-order valence-corrected chi connectivity index (χ3v) is 2.92. The predicted molar refractivity (Wildman–Crippen MR) is 66.5 cm³/mol. The van der Waals surface area contributed by atoms with Crippen LogP contribution in [0.2, 0.25) is 0 Å². The summed E-state index contributed by atoms with van der Waals surface area (Å²) in [6.07, 6.45) is 3.01. The summed E-state index contributed by atoms with van der Waals surface area (Å²) in [5, 5.41) is 1.13. The van der Waals surface area contributed by atoms with Crippen molar-refractivity contribution >= 4 is 6.08 Å². The second-order valence-electron chi connectivity index (χ2n) is 4.16. The fourth-order valence-electron chi connectivity index (χ4n) is 2.05. The normalized spacial score (nSPS) is 14.5. The van der Waals surface area contributed by atoms with Crippen molar-refractivity contribution in [2.45, 2.75) is 6.42 Å². The Bertz CT molecular complexity index is 656. The van der Waals surface area contributed by atoms with Crippen molar-refractivity contribution in [1.82, 2.24) is 0 Å². The van der Waals surface area contributed by atoms with E-state index in [9.17, 15) is 4.39 Å². The van der Waals surface area contributed by atoms with Crippen molar-refractivity contribution in [2.24, 2.45) is 0 Å². The monoisotopic (exact) mass is 227 g/mol. The van der Waals surface area contributed by atoms with E-state index in [1.54, 1.807) is 12.1 Å². The largest absolute Gasteiger partial charge is 0.347 e. The Morgan fingerprint density at radius 3 is 2.71 bits per heavy atom. The standard InChI is InChI=1S/C15H12FO/c16-14-4-1-11(2-5-14)9-12-3-6-15-13(10-12)7-8-17-15/h1-6,9-10H,7-8H2/q+1/b12-9+. The van der Waals surface area contributed by atoms with Gasteiger partial charge < -0.3 is 0 Å². The molecular weight excluding hydrogens is 215 g/mol. The predicted octanol–water partition coefficient (Wildman–Crippen LogP) is 1.83. The zero-order valence-electron chi connectivity index (χ0n) is 9.32. The average molecular weight is 227 g/mol. The number of hydrogen-bond acceptors (Lipinski definition) is 0. The van der Waals surface area contributed by atoms with Gasteiger partial charge in [0.15, 0.2) is 0 Å². The van der Waals surface area contributed by atoms with Crippen molar-refractivity contribution in [1.29, 1.82) is 0 Å². The molecule has 84 valence electrons. The van der Waals surface area contributed by atoms with Crippen LogP contribution in [0.25, 0.3) is 6.08 Å². The van der Waals surface area contributed by atoms with Crippen molar-refractivity contribution in [2.75, 3.05) is 6.61 Å². The first kappa shape index (κ1) is 10.2. The highest BCUT2D eigenvalue weighted by Gasteiger charge is 2.13. The van der Waals surface area contributed by atoms with Gasteiger partial charge >= 0.3 is 5.43 Å². The smallest absolute Gasteiger partial charge is 0.254 e. The minimum atomic E-state index is -0.204. The molecule has 0 amide bonds. The van der Waals surface area contributed by atoms with Gasteiger partial charge in [0.1, 0.15) is 5.82 Å². The first-order valence-corrected chi connectivity index (χ1v) is 5.67. The van der Waals surface area contributed by atoms with E-state index in [1.165, 1.54) is 17.7 Å². The Labute approximate surface area is 98.5 Å². The van der Waals surface area contributed by atoms with Gasteiger partial charge in [-0.15, -0.1) is 0 Å². The molecule has 0 unspecified atom stereocenters. The molecule has 17 heavy (non-hydrogen) atoms. The number of benzene rings is 2. The van der Waals surface area contributed by atoms with Crippen LogP contribution in [0.3, 0.4) is 0 Å². The summed E-state index contributed by atoms with van der Waals surface area (Å²) >= 11 is 0. The van der Waals surface area contributed by atoms with Crippen LogP contribution in [0.4, 0.5) is 4.39 Å². The van der Waals surface area contributed by atoms with Crippen LogP contribution in [0, 0.1) is 5.82 Å². The van der Waals surface area contributed by atoms with E-state index in [0.717, 1.165) is 29.2 Å². The zero-order valence-corrected chi connectivity index (χ0v) is 9.32. The van der Waals surface area contributed by atoms with Gasteiger partial charge in [-0.25, -0.2) is 4.39 Å². The van der Waals surface area contributed by atoms with Gasteiger partial charge in [-0.3, -0.25) is 4.42 Å². The first-order valence-electron chi connectivity index (χ1n) is 5.67. The third kappa shape index (κ3) is 2.11. The van der Waals surface area contributed by atoms with Crippen LogP contribution >= 0.6 is 0 Å². The Kier molecular flexibility index (Phi) is 2.48. The molecule has 0 aromatic heterocycles. The third-order valence-electron chi connectivity index (χ3n) is 2.92. The topological polar surface area (TPSA) is 11.3 Å². The molecule has 3 rings (SSSR count). The Morgan fingerprint density at radius 2 is 1.88 bits per heavy atom. The molecule has 0 saturated carbocycles. The number of fused-ring (bicyclic) bond motifs is 1. The van der Waals surface area contributed by atoms with Gasteiger partial charge in [-0.1, -0.05) is 12.1 Å². The number of rotatable bonds is 1. The van der Waals surface area contributed by atoms with Gasteiger partial charge in [0.2, 0.25) is 0 Å². The molecule has 0 aliphatic carbocycles. The maximum Gasteiger partial charge on any atom is 0.347 e. The van der Waals surface area contributed by atoms with Gasteiger partial charge in [0, 0.05) is 6.07 Å².